The van der Waals surface area contributed by atoms with Gasteiger partial charge in [0.25, 0.3) is 0 Å². The van der Waals surface area contributed by atoms with E-state index >= 15 is 0 Å². The molecule has 0 spiro atoms. The summed E-state index contributed by atoms with van der Waals surface area (Å²) in [5.74, 6) is 0.915. The molecule has 1 amide bonds. The van der Waals surface area contributed by atoms with Crippen molar-refractivity contribution in [1.29, 1.82) is 0 Å². The largest absolute Gasteiger partial charge is 0.352 e. The van der Waals surface area contributed by atoms with Gasteiger partial charge < -0.3 is 5.32 Å². The Balaban J connectivity index is 1.67. The van der Waals surface area contributed by atoms with Crippen LogP contribution in [0.2, 0.25) is 0 Å². The molecule has 1 N–H and O–H groups in total. The second-order valence-corrected chi connectivity index (χ2v) is 5.84. The zero-order valence-electron chi connectivity index (χ0n) is 11.6. The monoisotopic (exact) mass is 285 g/mol. The fourth-order valence-electron chi connectivity index (χ4n) is 1.77. The lowest BCUT2D eigenvalue weighted by molar-refractivity contribution is -0.120. The average molecular weight is 285 g/mol. The van der Waals surface area contributed by atoms with Crippen LogP contribution in [0.5, 0.6) is 0 Å². The molecule has 2 aromatic rings. The molecule has 0 unspecified atom stereocenters. The maximum Gasteiger partial charge on any atom is 0.221 e. The van der Waals surface area contributed by atoms with Crippen molar-refractivity contribution in [1.82, 2.24) is 5.32 Å². The van der Waals surface area contributed by atoms with E-state index in [4.69, 9.17) is 0 Å². The number of hydrogen-bond donors (Lipinski definition) is 1. The van der Waals surface area contributed by atoms with Gasteiger partial charge in [0, 0.05) is 23.6 Å². The van der Waals surface area contributed by atoms with Crippen molar-refractivity contribution in [2.75, 3.05) is 5.75 Å². The molecule has 0 fully saturated rings. The van der Waals surface area contributed by atoms with Gasteiger partial charge in [0.2, 0.25) is 5.91 Å². The van der Waals surface area contributed by atoms with Crippen LogP contribution in [-0.2, 0) is 11.3 Å². The van der Waals surface area contributed by atoms with Gasteiger partial charge in [0.15, 0.2) is 0 Å². The first-order chi connectivity index (χ1) is 9.74. The second-order valence-electron chi connectivity index (χ2n) is 4.67. The van der Waals surface area contributed by atoms with E-state index in [-0.39, 0.29) is 5.91 Å². The first kappa shape index (κ1) is 14.7. The van der Waals surface area contributed by atoms with Crippen molar-refractivity contribution < 1.29 is 4.79 Å². The Morgan fingerprint density at radius 3 is 2.45 bits per heavy atom. The van der Waals surface area contributed by atoms with Crippen LogP contribution in [0.3, 0.4) is 0 Å². The molecule has 2 aromatic carbocycles. The minimum absolute atomic E-state index is 0.106. The van der Waals surface area contributed by atoms with Crippen molar-refractivity contribution in [2.24, 2.45) is 0 Å². The normalized spacial score (nSPS) is 10.2. The molecule has 0 aliphatic carbocycles. The third-order valence-electron chi connectivity index (χ3n) is 2.95. The number of rotatable bonds is 6. The molecule has 2 nitrogen and oxygen atoms in total. The summed E-state index contributed by atoms with van der Waals surface area (Å²) in [5.41, 5.74) is 2.37. The molecule has 0 heterocycles. The van der Waals surface area contributed by atoms with Crippen LogP contribution in [0.15, 0.2) is 59.5 Å². The molecule has 0 atom stereocenters. The van der Waals surface area contributed by atoms with Crippen LogP contribution in [0, 0.1) is 6.92 Å². The Kier molecular flexibility index (Phi) is 5.69. The fraction of sp³-hybridized carbons (Fsp3) is 0.235. The Morgan fingerprint density at radius 2 is 1.75 bits per heavy atom. The third kappa shape index (κ3) is 5.10. The van der Waals surface area contributed by atoms with Gasteiger partial charge in [-0.3, -0.25) is 4.79 Å². The highest BCUT2D eigenvalue weighted by Crippen LogP contribution is 2.17. The Morgan fingerprint density at radius 1 is 1.05 bits per heavy atom. The number of thioether (sulfide) groups is 1. The molecule has 0 aliphatic heterocycles. The highest BCUT2D eigenvalue weighted by Gasteiger charge is 2.02. The fourth-order valence-corrected chi connectivity index (χ4v) is 2.65. The predicted octanol–water partition coefficient (Wildman–Crippen LogP) is 3.79. The van der Waals surface area contributed by atoms with E-state index < -0.39 is 0 Å². The Bertz CT molecular complexity index is 537. The zero-order valence-corrected chi connectivity index (χ0v) is 12.5. The number of hydrogen-bond acceptors (Lipinski definition) is 2. The lowest BCUT2D eigenvalue weighted by atomic mass is 10.1. The van der Waals surface area contributed by atoms with E-state index in [0.717, 1.165) is 11.3 Å². The molecule has 104 valence electrons. The molecule has 0 saturated carbocycles. The summed E-state index contributed by atoms with van der Waals surface area (Å²) in [7, 11) is 0. The van der Waals surface area contributed by atoms with Gasteiger partial charge in [-0.15, -0.1) is 11.8 Å². The molecule has 20 heavy (non-hydrogen) atoms. The molecular formula is C17H19NOS. The number of carbonyl (C=O) groups excluding carboxylic acids is 1. The second kappa shape index (κ2) is 7.75. The SMILES string of the molecule is Cc1ccc(CNC(=O)CCSc2ccccc2)cc1. The average Bonchev–Trinajstić information content (AvgIpc) is 2.48. The summed E-state index contributed by atoms with van der Waals surface area (Å²) in [6, 6.07) is 18.4. The van der Waals surface area contributed by atoms with E-state index in [1.165, 1.54) is 10.5 Å². The summed E-state index contributed by atoms with van der Waals surface area (Å²) >= 11 is 1.71. The van der Waals surface area contributed by atoms with E-state index in [1.807, 2.05) is 30.3 Å². The Labute approximate surface area is 124 Å². The van der Waals surface area contributed by atoms with E-state index in [2.05, 4.69) is 36.5 Å². The highest BCUT2D eigenvalue weighted by atomic mass is 32.2. The zero-order chi connectivity index (χ0) is 14.2. The summed E-state index contributed by atoms with van der Waals surface area (Å²) in [4.78, 5) is 13.0. The summed E-state index contributed by atoms with van der Waals surface area (Å²) < 4.78 is 0. The molecule has 0 saturated heterocycles. The van der Waals surface area contributed by atoms with Gasteiger partial charge >= 0.3 is 0 Å². The van der Waals surface area contributed by atoms with Gasteiger partial charge in [-0.05, 0) is 24.6 Å². The van der Waals surface area contributed by atoms with Crippen LogP contribution in [0.25, 0.3) is 0 Å². The van der Waals surface area contributed by atoms with Crippen molar-refractivity contribution >= 4 is 17.7 Å². The summed E-state index contributed by atoms with van der Waals surface area (Å²) in [6.07, 6.45) is 0.547. The predicted molar refractivity (Wildman–Crippen MR) is 84.8 cm³/mol. The van der Waals surface area contributed by atoms with Gasteiger partial charge in [0.1, 0.15) is 0 Å². The lowest BCUT2D eigenvalue weighted by Gasteiger charge is -2.06. The van der Waals surface area contributed by atoms with E-state index in [0.29, 0.717) is 13.0 Å². The highest BCUT2D eigenvalue weighted by molar-refractivity contribution is 7.99. The van der Waals surface area contributed by atoms with Crippen LogP contribution < -0.4 is 5.32 Å². The first-order valence-corrected chi connectivity index (χ1v) is 7.73. The first-order valence-electron chi connectivity index (χ1n) is 6.74. The topological polar surface area (TPSA) is 29.1 Å². The standard InChI is InChI=1S/C17H19NOS/c1-14-7-9-15(10-8-14)13-18-17(19)11-12-20-16-5-3-2-4-6-16/h2-10H,11-13H2,1H3,(H,18,19). The lowest BCUT2D eigenvalue weighted by Crippen LogP contribution is -2.22. The minimum atomic E-state index is 0.106. The maximum absolute atomic E-state index is 11.7. The molecule has 0 bridgehead atoms. The van der Waals surface area contributed by atoms with Gasteiger partial charge in [0.05, 0.1) is 0 Å². The van der Waals surface area contributed by atoms with Crippen LogP contribution in [0.4, 0.5) is 0 Å². The van der Waals surface area contributed by atoms with Crippen LogP contribution >= 0.6 is 11.8 Å². The van der Waals surface area contributed by atoms with Gasteiger partial charge in [-0.1, -0.05) is 48.0 Å². The van der Waals surface area contributed by atoms with Crippen molar-refractivity contribution in [3.63, 3.8) is 0 Å². The van der Waals surface area contributed by atoms with Gasteiger partial charge in [-0.25, -0.2) is 0 Å². The summed E-state index contributed by atoms with van der Waals surface area (Å²) in [5, 5.41) is 2.95. The summed E-state index contributed by atoms with van der Waals surface area (Å²) in [6.45, 7) is 2.66. The number of aryl methyl sites for hydroxylation is 1. The molecular weight excluding hydrogens is 266 g/mol. The van der Waals surface area contributed by atoms with Crippen molar-refractivity contribution in [3.8, 4) is 0 Å². The van der Waals surface area contributed by atoms with E-state index in [9.17, 15) is 4.79 Å². The third-order valence-corrected chi connectivity index (χ3v) is 3.97. The molecule has 0 aliphatic rings. The van der Waals surface area contributed by atoms with Crippen LogP contribution in [0.1, 0.15) is 17.5 Å². The van der Waals surface area contributed by atoms with Crippen molar-refractivity contribution in [2.45, 2.75) is 24.8 Å². The molecule has 0 aromatic heterocycles. The molecule has 2 rings (SSSR count). The number of nitrogens with one attached hydrogen (secondary N) is 1. The molecule has 3 heteroatoms. The quantitative estimate of drug-likeness (QED) is 0.818. The molecule has 0 radical (unpaired) electrons. The number of benzene rings is 2. The number of carbonyl (C=O) groups is 1. The maximum atomic E-state index is 11.7. The smallest absolute Gasteiger partial charge is 0.221 e. The Hall–Kier alpha value is -1.74. The minimum Gasteiger partial charge on any atom is -0.352 e. The van der Waals surface area contributed by atoms with Crippen molar-refractivity contribution in [3.05, 3.63) is 65.7 Å². The van der Waals surface area contributed by atoms with Gasteiger partial charge in [-0.2, -0.15) is 0 Å². The van der Waals surface area contributed by atoms with E-state index in [1.54, 1.807) is 11.8 Å². The number of amides is 1. The van der Waals surface area contributed by atoms with Crippen LogP contribution in [-0.4, -0.2) is 11.7 Å².